The molecule has 8 nitrogen and oxygen atoms in total. The highest BCUT2D eigenvalue weighted by Gasteiger charge is 2.18. The Kier molecular flexibility index (Phi) is 7.42. The molecule has 4 rings (SSSR count). The molecule has 0 aliphatic carbocycles. The minimum Gasteiger partial charge on any atom is -0.464 e. The van der Waals surface area contributed by atoms with Crippen molar-refractivity contribution < 1.29 is 19.0 Å². The van der Waals surface area contributed by atoms with Gasteiger partial charge in [-0.1, -0.05) is 6.42 Å². The van der Waals surface area contributed by atoms with Gasteiger partial charge in [-0.3, -0.25) is 0 Å². The lowest BCUT2D eigenvalue weighted by molar-refractivity contribution is 0.0593. The highest BCUT2D eigenvalue weighted by molar-refractivity contribution is 5.86. The smallest absolute Gasteiger partial charge is 0.358 e. The fourth-order valence-corrected chi connectivity index (χ4v) is 4.29. The molecule has 0 radical (unpaired) electrons. The number of fused-ring (bicyclic) bond motifs is 2. The number of benzene rings is 1. The fourth-order valence-electron chi connectivity index (χ4n) is 4.29. The maximum Gasteiger partial charge on any atom is 0.358 e. The van der Waals surface area contributed by atoms with Crippen LogP contribution >= 0.6 is 0 Å². The lowest BCUT2D eigenvalue weighted by Crippen LogP contribution is -2.28. The van der Waals surface area contributed by atoms with Crippen LogP contribution in [0.25, 0.3) is 0 Å². The van der Waals surface area contributed by atoms with Gasteiger partial charge in [0.15, 0.2) is 17.2 Å². The number of rotatable bonds is 2. The second-order valence-electron chi connectivity index (χ2n) is 8.47. The van der Waals surface area contributed by atoms with Crippen LogP contribution in [0.1, 0.15) is 53.7 Å². The number of anilines is 1. The van der Waals surface area contributed by atoms with Gasteiger partial charge in [-0.15, -0.1) is 0 Å². The summed E-state index contributed by atoms with van der Waals surface area (Å²) in [5, 5.41) is 0. The SMILES string of the molecule is COC(=O)c1cnc(N2CCCCCc3cc4c(cc3CN(C)CCCC2)OCO4)cn1. The van der Waals surface area contributed by atoms with Gasteiger partial charge >= 0.3 is 5.97 Å². The van der Waals surface area contributed by atoms with E-state index in [1.165, 1.54) is 24.4 Å². The van der Waals surface area contributed by atoms with E-state index in [0.717, 1.165) is 82.0 Å². The second kappa shape index (κ2) is 10.6. The average molecular weight is 441 g/mol. The predicted molar refractivity (Wildman–Crippen MR) is 121 cm³/mol. The van der Waals surface area contributed by atoms with Crippen LogP contribution in [0.4, 0.5) is 5.82 Å². The van der Waals surface area contributed by atoms with Gasteiger partial charge in [-0.05, 0) is 69.0 Å². The Morgan fingerprint density at radius 2 is 1.66 bits per heavy atom. The van der Waals surface area contributed by atoms with Crippen molar-refractivity contribution in [1.29, 1.82) is 0 Å². The average Bonchev–Trinajstić information content (AvgIpc) is 3.26. The topological polar surface area (TPSA) is 77.0 Å². The van der Waals surface area contributed by atoms with E-state index in [9.17, 15) is 4.79 Å². The summed E-state index contributed by atoms with van der Waals surface area (Å²) >= 11 is 0. The molecule has 0 bridgehead atoms. The summed E-state index contributed by atoms with van der Waals surface area (Å²) in [6, 6.07) is 4.33. The third-order valence-corrected chi connectivity index (χ3v) is 6.08. The van der Waals surface area contributed by atoms with Crippen LogP contribution in [0.3, 0.4) is 0 Å². The van der Waals surface area contributed by atoms with Gasteiger partial charge in [-0.2, -0.15) is 0 Å². The van der Waals surface area contributed by atoms with Crippen LogP contribution in [0.2, 0.25) is 0 Å². The molecule has 8 heteroatoms. The molecule has 0 unspecified atom stereocenters. The summed E-state index contributed by atoms with van der Waals surface area (Å²) in [5.41, 5.74) is 2.94. The van der Waals surface area contributed by atoms with Gasteiger partial charge in [0.25, 0.3) is 0 Å². The van der Waals surface area contributed by atoms with E-state index in [1.54, 1.807) is 6.20 Å². The van der Waals surface area contributed by atoms with Gasteiger partial charge in [0.1, 0.15) is 5.82 Å². The summed E-state index contributed by atoms with van der Waals surface area (Å²) < 4.78 is 15.9. The Morgan fingerprint density at radius 3 is 2.38 bits per heavy atom. The molecule has 32 heavy (non-hydrogen) atoms. The Morgan fingerprint density at radius 1 is 0.938 bits per heavy atom. The molecule has 0 amide bonds. The van der Waals surface area contributed by atoms with E-state index in [1.807, 2.05) is 0 Å². The van der Waals surface area contributed by atoms with Crippen molar-refractivity contribution in [1.82, 2.24) is 14.9 Å². The normalized spacial score (nSPS) is 18.0. The van der Waals surface area contributed by atoms with Gasteiger partial charge in [0, 0.05) is 19.6 Å². The first-order valence-corrected chi connectivity index (χ1v) is 11.4. The number of ether oxygens (including phenoxy) is 3. The van der Waals surface area contributed by atoms with Crippen LogP contribution in [-0.4, -0.2) is 61.4 Å². The molecule has 2 aliphatic rings. The number of hydrogen-bond acceptors (Lipinski definition) is 8. The number of aromatic nitrogens is 2. The van der Waals surface area contributed by atoms with Gasteiger partial charge in [0.05, 0.1) is 19.5 Å². The maximum atomic E-state index is 11.6. The lowest BCUT2D eigenvalue weighted by atomic mass is 9.99. The van der Waals surface area contributed by atoms with Crippen molar-refractivity contribution in [3.63, 3.8) is 0 Å². The minimum atomic E-state index is -0.462. The van der Waals surface area contributed by atoms with Crippen LogP contribution < -0.4 is 14.4 Å². The molecular formula is C24H32N4O4. The summed E-state index contributed by atoms with van der Waals surface area (Å²) in [6.45, 7) is 4.10. The van der Waals surface area contributed by atoms with E-state index >= 15 is 0 Å². The highest BCUT2D eigenvalue weighted by atomic mass is 16.7. The molecule has 1 aromatic carbocycles. The number of carbonyl (C=O) groups is 1. The van der Waals surface area contributed by atoms with Crippen molar-refractivity contribution in [3.05, 3.63) is 41.3 Å². The van der Waals surface area contributed by atoms with E-state index in [4.69, 9.17) is 14.2 Å². The van der Waals surface area contributed by atoms with Crippen molar-refractivity contribution in [2.24, 2.45) is 0 Å². The predicted octanol–water partition coefficient (Wildman–Crippen LogP) is 3.44. The molecule has 1 aromatic heterocycles. The van der Waals surface area contributed by atoms with E-state index in [0.29, 0.717) is 6.79 Å². The Hall–Kier alpha value is -2.87. The highest BCUT2D eigenvalue weighted by Crippen LogP contribution is 2.36. The summed E-state index contributed by atoms with van der Waals surface area (Å²) in [5.74, 6) is 2.09. The number of esters is 1. The molecule has 2 aromatic rings. The Balaban J connectivity index is 1.43. The van der Waals surface area contributed by atoms with Crippen LogP contribution in [0.15, 0.2) is 24.5 Å². The standard InChI is InChI=1S/C24H32N4O4/c1-27-9-6-7-11-28(23-15-25-20(14-26-23)24(29)30-2)10-5-3-4-8-18-12-21-22(32-17-31-21)13-19(18)16-27/h12-15H,3-11,16-17H2,1-2H3. The largest absolute Gasteiger partial charge is 0.464 e. The quantitative estimate of drug-likeness (QED) is 0.658. The first kappa shape index (κ1) is 22.3. The molecule has 2 aliphatic heterocycles. The molecule has 0 atom stereocenters. The molecule has 0 spiro atoms. The zero-order chi connectivity index (χ0) is 22.3. The minimum absolute atomic E-state index is 0.236. The first-order valence-electron chi connectivity index (χ1n) is 11.4. The van der Waals surface area contributed by atoms with Crippen LogP contribution in [0.5, 0.6) is 11.5 Å². The first-order chi connectivity index (χ1) is 15.6. The van der Waals surface area contributed by atoms with Gasteiger partial charge in [-0.25, -0.2) is 14.8 Å². The molecule has 0 saturated carbocycles. The molecule has 0 N–H and O–H groups in total. The van der Waals surface area contributed by atoms with Crippen LogP contribution in [0, 0.1) is 0 Å². The van der Waals surface area contributed by atoms with Crippen LogP contribution in [-0.2, 0) is 17.7 Å². The molecule has 0 saturated heterocycles. The van der Waals surface area contributed by atoms with E-state index < -0.39 is 5.97 Å². The van der Waals surface area contributed by atoms with Crippen molar-refractivity contribution >= 4 is 11.8 Å². The van der Waals surface area contributed by atoms with E-state index in [2.05, 4.69) is 38.9 Å². The second-order valence-corrected chi connectivity index (χ2v) is 8.47. The zero-order valence-corrected chi connectivity index (χ0v) is 19.0. The summed E-state index contributed by atoms with van der Waals surface area (Å²) in [6.07, 6.45) is 9.72. The third kappa shape index (κ3) is 5.48. The number of methoxy groups -OCH3 is 1. The molecular weight excluding hydrogens is 408 g/mol. The molecule has 3 heterocycles. The summed E-state index contributed by atoms with van der Waals surface area (Å²) in [7, 11) is 3.53. The number of nitrogens with zero attached hydrogens (tertiary/aromatic N) is 4. The van der Waals surface area contributed by atoms with Crippen molar-refractivity contribution in [3.8, 4) is 11.5 Å². The number of hydrogen-bond donors (Lipinski definition) is 0. The maximum absolute atomic E-state index is 11.6. The van der Waals surface area contributed by atoms with Crippen molar-refractivity contribution in [2.45, 2.75) is 45.1 Å². The Labute approximate surface area is 189 Å². The number of aryl methyl sites for hydroxylation is 1. The van der Waals surface area contributed by atoms with Gasteiger partial charge < -0.3 is 24.0 Å². The van der Waals surface area contributed by atoms with E-state index in [-0.39, 0.29) is 5.69 Å². The zero-order valence-electron chi connectivity index (χ0n) is 19.0. The lowest BCUT2D eigenvalue weighted by Gasteiger charge is -2.25. The van der Waals surface area contributed by atoms with Gasteiger partial charge in [0.2, 0.25) is 6.79 Å². The number of carbonyl (C=O) groups excluding carboxylic acids is 1. The van der Waals surface area contributed by atoms with Crippen molar-refractivity contribution in [2.75, 3.05) is 45.5 Å². The third-order valence-electron chi connectivity index (χ3n) is 6.08. The summed E-state index contributed by atoms with van der Waals surface area (Å²) in [4.78, 5) is 25.0. The monoisotopic (exact) mass is 440 g/mol. The molecule has 0 fully saturated rings. The fraction of sp³-hybridized carbons (Fsp3) is 0.542. The molecule has 172 valence electrons. The Bertz CT molecular complexity index is 919.